The first-order chi connectivity index (χ1) is 11.6. The molecular formula is C15H11ClFN3O2S2. The fourth-order valence-corrected chi connectivity index (χ4v) is 3.24. The Balaban J connectivity index is 1.48. The fraction of sp³-hybridized carbons (Fsp3) is 0.133. The minimum Gasteiger partial charge on any atom is -0.410 e. The summed E-state index contributed by atoms with van der Waals surface area (Å²) in [6, 6.07) is 8.10. The van der Waals surface area contributed by atoms with Gasteiger partial charge in [0, 0.05) is 6.54 Å². The van der Waals surface area contributed by atoms with Gasteiger partial charge in [-0.25, -0.2) is 4.39 Å². The van der Waals surface area contributed by atoms with E-state index in [0.29, 0.717) is 11.1 Å². The summed E-state index contributed by atoms with van der Waals surface area (Å²) in [5.41, 5.74) is 0.720. The standard InChI is InChI=1S/C15H11ClFN3O2S2/c16-10-6-9(3-4-11(10)17)7-18-13(21)8-24-15-20-19-14(22-15)12-2-1-5-23-12/h1-6H,7-8H2,(H,18,21). The highest BCUT2D eigenvalue weighted by molar-refractivity contribution is 7.99. The lowest BCUT2D eigenvalue weighted by Crippen LogP contribution is -2.24. The van der Waals surface area contributed by atoms with Gasteiger partial charge in [-0.2, -0.15) is 0 Å². The van der Waals surface area contributed by atoms with Gasteiger partial charge in [-0.15, -0.1) is 21.5 Å². The van der Waals surface area contributed by atoms with Crippen LogP contribution in [0.15, 0.2) is 45.4 Å². The Kier molecular flexibility index (Phi) is 5.49. The molecule has 0 atom stereocenters. The summed E-state index contributed by atoms with van der Waals surface area (Å²) in [5, 5.41) is 12.8. The lowest BCUT2D eigenvalue weighted by molar-refractivity contribution is -0.118. The van der Waals surface area contributed by atoms with Crippen molar-refractivity contribution in [3.63, 3.8) is 0 Å². The van der Waals surface area contributed by atoms with Gasteiger partial charge < -0.3 is 9.73 Å². The van der Waals surface area contributed by atoms with Crippen LogP contribution in [-0.2, 0) is 11.3 Å². The Morgan fingerprint density at radius 1 is 1.38 bits per heavy atom. The van der Waals surface area contributed by atoms with Crippen molar-refractivity contribution < 1.29 is 13.6 Å². The Hall–Kier alpha value is -1.90. The molecule has 0 saturated carbocycles. The van der Waals surface area contributed by atoms with Crippen molar-refractivity contribution in [2.45, 2.75) is 11.8 Å². The smallest absolute Gasteiger partial charge is 0.277 e. The van der Waals surface area contributed by atoms with Gasteiger partial charge >= 0.3 is 0 Å². The number of rotatable bonds is 6. The molecule has 0 bridgehead atoms. The highest BCUT2D eigenvalue weighted by Crippen LogP contribution is 2.26. The van der Waals surface area contributed by atoms with Crippen molar-refractivity contribution in [2.75, 3.05) is 5.75 Å². The summed E-state index contributed by atoms with van der Waals surface area (Å²) < 4.78 is 18.5. The van der Waals surface area contributed by atoms with E-state index in [0.717, 1.165) is 22.2 Å². The molecule has 0 aliphatic carbocycles. The van der Waals surface area contributed by atoms with Crippen LogP contribution in [0.1, 0.15) is 5.56 Å². The molecule has 124 valence electrons. The first-order valence-electron chi connectivity index (χ1n) is 6.82. The van der Waals surface area contributed by atoms with Crippen molar-refractivity contribution in [3.05, 3.63) is 52.1 Å². The molecule has 0 aliphatic heterocycles. The zero-order valence-corrected chi connectivity index (χ0v) is 14.6. The number of hydrogen-bond donors (Lipinski definition) is 1. The first kappa shape index (κ1) is 16.9. The summed E-state index contributed by atoms with van der Waals surface area (Å²) in [7, 11) is 0. The van der Waals surface area contributed by atoms with Crippen LogP contribution in [0.3, 0.4) is 0 Å². The van der Waals surface area contributed by atoms with E-state index in [4.69, 9.17) is 16.0 Å². The third-order valence-corrected chi connectivity index (χ3v) is 4.90. The first-order valence-corrected chi connectivity index (χ1v) is 9.07. The molecule has 2 aromatic heterocycles. The second-order valence-electron chi connectivity index (χ2n) is 4.66. The van der Waals surface area contributed by atoms with E-state index in [1.165, 1.54) is 23.5 Å². The average molecular weight is 384 g/mol. The van der Waals surface area contributed by atoms with E-state index in [-0.39, 0.29) is 23.2 Å². The second kappa shape index (κ2) is 7.78. The van der Waals surface area contributed by atoms with Crippen LogP contribution in [0.25, 0.3) is 10.8 Å². The van der Waals surface area contributed by atoms with Crippen LogP contribution in [-0.4, -0.2) is 21.9 Å². The number of aromatic nitrogens is 2. The predicted octanol–water partition coefficient (Wildman–Crippen LogP) is 4.00. The van der Waals surface area contributed by atoms with Gasteiger partial charge in [0.05, 0.1) is 15.7 Å². The maximum atomic E-state index is 13.1. The Labute approximate surface area is 150 Å². The predicted molar refractivity (Wildman–Crippen MR) is 91.6 cm³/mol. The summed E-state index contributed by atoms with van der Waals surface area (Å²) in [5.74, 6) is -0.105. The van der Waals surface area contributed by atoms with Crippen molar-refractivity contribution >= 4 is 40.6 Å². The zero-order valence-electron chi connectivity index (χ0n) is 12.2. The van der Waals surface area contributed by atoms with Crippen LogP contribution in [0.4, 0.5) is 4.39 Å². The Bertz CT molecular complexity index is 839. The molecule has 0 spiro atoms. The highest BCUT2D eigenvalue weighted by Gasteiger charge is 2.12. The molecular weight excluding hydrogens is 373 g/mol. The minimum atomic E-state index is -0.486. The number of halogens is 2. The van der Waals surface area contributed by atoms with E-state index in [1.54, 1.807) is 6.07 Å². The maximum absolute atomic E-state index is 13.1. The van der Waals surface area contributed by atoms with Crippen LogP contribution in [0.5, 0.6) is 0 Å². The van der Waals surface area contributed by atoms with E-state index >= 15 is 0 Å². The quantitative estimate of drug-likeness (QED) is 0.651. The van der Waals surface area contributed by atoms with E-state index in [9.17, 15) is 9.18 Å². The van der Waals surface area contributed by atoms with E-state index in [1.807, 2.05) is 17.5 Å². The number of nitrogens with zero attached hydrogens (tertiary/aromatic N) is 2. The van der Waals surface area contributed by atoms with Gasteiger partial charge in [0.2, 0.25) is 5.91 Å². The van der Waals surface area contributed by atoms with Gasteiger partial charge in [0.1, 0.15) is 5.82 Å². The summed E-state index contributed by atoms with van der Waals surface area (Å²) in [6.45, 7) is 0.268. The molecule has 0 fully saturated rings. The SMILES string of the molecule is O=C(CSc1nnc(-c2cccs2)o1)NCc1ccc(F)c(Cl)c1. The second-order valence-corrected chi connectivity index (χ2v) is 6.95. The van der Waals surface area contributed by atoms with Gasteiger partial charge in [-0.1, -0.05) is 35.5 Å². The maximum Gasteiger partial charge on any atom is 0.277 e. The summed E-state index contributed by atoms with van der Waals surface area (Å²) in [6.07, 6.45) is 0. The Morgan fingerprint density at radius 3 is 3.00 bits per heavy atom. The molecule has 3 rings (SSSR count). The van der Waals surface area contributed by atoms with Crippen LogP contribution >= 0.6 is 34.7 Å². The van der Waals surface area contributed by atoms with Gasteiger partial charge in [0.15, 0.2) is 0 Å². The topological polar surface area (TPSA) is 68.0 Å². The number of nitrogens with one attached hydrogen (secondary N) is 1. The molecule has 0 aliphatic rings. The molecule has 5 nitrogen and oxygen atoms in total. The van der Waals surface area contributed by atoms with Crippen LogP contribution < -0.4 is 5.32 Å². The molecule has 1 aromatic carbocycles. The minimum absolute atomic E-state index is 0.0306. The molecule has 1 N–H and O–H groups in total. The fourth-order valence-electron chi connectivity index (χ4n) is 1.80. The number of amides is 1. The zero-order chi connectivity index (χ0) is 16.9. The number of benzene rings is 1. The van der Waals surface area contributed by atoms with Gasteiger partial charge in [-0.05, 0) is 29.1 Å². The average Bonchev–Trinajstić information content (AvgIpc) is 3.25. The molecule has 1 amide bonds. The number of carbonyl (C=O) groups excluding carboxylic acids is 1. The Morgan fingerprint density at radius 2 is 2.25 bits per heavy atom. The van der Waals surface area contributed by atoms with Crippen LogP contribution in [0.2, 0.25) is 5.02 Å². The number of carbonyl (C=O) groups is 1. The van der Waals surface area contributed by atoms with E-state index in [2.05, 4.69) is 15.5 Å². The van der Waals surface area contributed by atoms with Gasteiger partial charge in [-0.3, -0.25) is 4.79 Å². The monoisotopic (exact) mass is 383 g/mol. The lowest BCUT2D eigenvalue weighted by Gasteiger charge is -2.05. The molecule has 24 heavy (non-hydrogen) atoms. The molecule has 9 heteroatoms. The molecule has 3 aromatic rings. The van der Waals surface area contributed by atoms with Gasteiger partial charge in [0.25, 0.3) is 11.1 Å². The third-order valence-electron chi connectivity index (χ3n) is 2.94. The summed E-state index contributed by atoms with van der Waals surface area (Å²) >= 11 is 8.35. The molecule has 0 radical (unpaired) electrons. The molecule has 0 unspecified atom stereocenters. The van der Waals surface area contributed by atoms with Crippen molar-refractivity contribution in [2.24, 2.45) is 0 Å². The molecule has 2 heterocycles. The number of thioether (sulfide) groups is 1. The highest BCUT2D eigenvalue weighted by atomic mass is 35.5. The largest absolute Gasteiger partial charge is 0.410 e. The van der Waals surface area contributed by atoms with Crippen molar-refractivity contribution in [1.29, 1.82) is 0 Å². The lowest BCUT2D eigenvalue weighted by atomic mass is 10.2. The number of hydrogen-bond acceptors (Lipinski definition) is 6. The molecule has 0 saturated heterocycles. The number of thiophene rings is 1. The van der Waals surface area contributed by atoms with Crippen LogP contribution in [0, 0.1) is 5.82 Å². The summed E-state index contributed by atoms with van der Waals surface area (Å²) in [4.78, 5) is 12.7. The third kappa shape index (κ3) is 4.34. The van der Waals surface area contributed by atoms with Crippen molar-refractivity contribution in [3.8, 4) is 10.8 Å². The normalized spacial score (nSPS) is 10.8. The van der Waals surface area contributed by atoms with Crippen molar-refractivity contribution in [1.82, 2.24) is 15.5 Å². The van der Waals surface area contributed by atoms with E-state index < -0.39 is 5.82 Å².